The highest BCUT2D eigenvalue weighted by Gasteiger charge is 2.48. The Kier molecular flexibility index (Phi) is 5.32. The first kappa shape index (κ1) is 20.1. The highest BCUT2D eigenvalue weighted by molar-refractivity contribution is 7.10. The molecule has 8 heteroatoms. The summed E-state index contributed by atoms with van der Waals surface area (Å²) in [7, 11) is 1.50. The van der Waals surface area contributed by atoms with Crippen molar-refractivity contribution in [3.8, 4) is 5.75 Å². The highest BCUT2D eigenvalue weighted by atomic mass is 35.5. The lowest BCUT2D eigenvalue weighted by Crippen LogP contribution is -2.29. The third-order valence-electron chi connectivity index (χ3n) is 4.96. The molecule has 2 aromatic heterocycles. The molecule has 1 fully saturated rings. The Bertz CT molecular complexity index is 1170. The zero-order chi connectivity index (χ0) is 21.4. The van der Waals surface area contributed by atoms with Crippen LogP contribution in [-0.4, -0.2) is 28.9 Å². The summed E-state index contributed by atoms with van der Waals surface area (Å²) in [5.74, 6) is -1.27. The summed E-state index contributed by atoms with van der Waals surface area (Å²) >= 11 is 7.69. The second-order valence-corrected chi connectivity index (χ2v) is 8.05. The smallest absolute Gasteiger partial charge is 0.300 e. The van der Waals surface area contributed by atoms with Crippen LogP contribution in [0.15, 0.2) is 59.7 Å². The van der Waals surface area contributed by atoms with E-state index in [1.54, 1.807) is 30.3 Å². The van der Waals surface area contributed by atoms with Crippen LogP contribution in [0.25, 0.3) is 5.76 Å². The number of aryl methyl sites for hydroxylation is 1. The van der Waals surface area contributed by atoms with E-state index in [-0.39, 0.29) is 11.3 Å². The van der Waals surface area contributed by atoms with Gasteiger partial charge in [-0.1, -0.05) is 11.6 Å². The van der Waals surface area contributed by atoms with Crippen LogP contribution in [0, 0.1) is 6.92 Å². The van der Waals surface area contributed by atoms with Gasteiger partial charge in [0.25, 0.3) is 11.7 Å². The van der Waals surface area contributed by atoms with Crippen molar-refractivity contribution < 1.29 is 19.4 Å². The highest BCUT2D eigenvalue weighted by Crippen LogP contribution is 2.45. The molecule has 1 aliphatic heterocycles. The largest absolute Gasteiger partial charge is 0.507 e. The maximum absolute atomic E-state index is 13.1. The molecule has 0 spiro atoms. The van der Waals surface area contributed by atoms with Crippen molar-refractivity contribution >= 4 is 46.1 Å². The first-order valence-corrected chi connectivity index (χ1v) is 10.3. The van der Waals surface area contributed by atoms with Crippen molar-refractivity contribution in [2.75, 3.05) is 12.0 Å². The van der Waals surface area contributed by atoms with Crippen LogP contribution in [-0.2, 0) is 9.59 Å². The van der Waals surface area contributed by atoms with Crippen molar-refractivity contribution in [2.45, 2.75) is 13.0 Å². The molecule has 1 atom stereocenters. The number of rotatable bonds is 4. The number of thiophene rings is 1. The van der Waals surface area contributed by atoms with Crippen LogP contribution in [0.4, 0.5) is 5.69 Å². The van der Waals surface area contributed by atoms with Crippen LogP contribution in [0.1, 0.15) is 22.0 Å². The molecule has 1 amide bonds. The molecule has 4 rings (SSSR count). The first-order valence-electron chi connectivity index (χ1n) is 9.03. The molecule has 3 aromatic rings. The lowest BCUT2D eigenvalue weighted by molar-refractivity contribution is -0.132. The molecule has 6 nitrogen and oxygen atoms in total. The van der Waals surface area contributed by atoms with Gasteiger partial charge in [-0.05, 0) is 54.3 Å². The fraction of sp³-hybridized carbons (Fsp3) is 0.136. The number of anilines is 1. The molecular weight excluding hydrogens is 424 g/mol. The van der Waals surface area contributed by atoms with Gasteiger partial charge in [0.1, 0.15) is 17.6 Å². The maximum atomic E-state index is 13.1. The molecule has 3 heterocycles. The van der Waals surface area contributed by atoms with Crippen LogP contribution in [0.2, 0.25) is 5.02 Å². The minimum absolute atomic E-state index is 0.0312. The van der Waals surface area contributed by atoms with Crippen LogP contribution < -0.4 is 9.64 Å². The van der Waals surface area contributed by atoms with Gasteiger partial charge in [-0.25, -0.2) is 0 Å². The topological polar surface area (TPSA) is 79.7 Å². The molecule has 1 aliphatic rings. The third kappa shape index (κ3) is 3.26. The van der Waals surface area contributed by atoms with E-state index in [1.165, 1.54) is 35.7 Å². The van der Waals surface area contributed by atoms with Crippen molar-refractivity contribution in [1.82, 2.24) is 4.98 Å². The number of halogens is 1. The van der Waals surface area contributed by atoms with Crippen molar-refractivity contribution in [2.24, 2.45) is 0 Å². The predicted molar refractivity (Wildman–Crippen MR) is 116 cm³/mol. The first-order chi connectivity index (χ1) is 14.4. The number of ketones is 1. The summed E-state index contributed by atoms with van der Waals surface area (Å²) in [6.07, 6.45) is 3.03. The number of hydrogen-bond acceptors (Lipinski definition) is 6. The standard InChI is InChI=1S/C22H17ClN2O4S/c1-12-7-10-30-21(12)18-17(19(26)13-5-8-24-9-6-13)20(27)22(28)25(18)14-3-4-16(29-2)15(23)11-14/h3-11,18,26H,1-2H3/b19-17-. The van der Waals surface area contributed by atoms with E-state index < -0.39 is 17.7 Å². The van der Waals surface area contributed by atoms with Gasteiger partial charge in [0.15, 0.2) is 0 Å². The number of carbonyl (C=O) groups excluding carboxylic acids is 2. The number of aliphatic hydroxyl groups excluding tert-OH is 1. The summed E-state index contributed by atoms with van der Waals surface area (Å²) in [6.45, 7) is 1.90. The molecule has 0 bridgehead atoms. The molecule has 1 aromatic carbocycles. The van der Waals surface area contributed by atoms with E-state index in [0.29, 0.717) is 22.0 Å². The number of methoxy groups -OCH3 is 1. The van der Waals surface area contributed by atoms with E-state index in [2.05, 4.69) is 4.98 Å². The van der Waals surface area contributed by atoms with E-state index >= 15 is 0 Å². The number of nitrogens with zero attached hydrogens (tertiary/aromatic N) is 2. The second-order valence-electron chi connectivity index (χ2n) is 6.69. The van der Waals surface area contributed by atoms with Gasteiger partial charge < -0.3 is 9.84 Å². The Hall–Kier alpha value is -3.16. The average Bonchev–Trinajstić information content (AvgIpc) is 3.28. The van der Waals surface area contributed by atoms with E-state index in [1.807, 2.05) is 18.4 Å². The van der Waals surface area contributed by atoms with Gasteiger partial charge in [0.05, 0.1) is 17.7 Å². The Labute approximate surface area is 182 Å². The molecular formula is C22H17ClN2O4S. The molecule has 0 radical (unpaired) electrons. The van der Waals surface area contributed by atoms with Gasteiger partial charge in [-0.3, -0.25) is 19.5 Å². The second kappa shape index (κ2) is 7.93. The Balaban J connectivity index is 1.94. The number of carbonyl (C=O) groups is 2. The lowest BCUT2D eigenvalue weighted by Gasteiger charge is -2.25. The molecule has 0 aliphatic carbocycles. The van der Waals surface area contributed by atoms with Gasteiger partial charge in [0, 0.05) is 28.5 Å². The average molecular weight is 441 g/mol. The van der Waals surface area contributed by atoms with Crippen LogP contribution in [0.5, 0.6) is 5.75 Å². The third-order valence-corrected chi connectivity index (χ3v) is 6.33. The summed E-state index contributed by atoms with van der Waals surface area (Å²) in [6, 6.07) is 9.19. The SMILES string of the molecule is COc1ccc(N2C(=O)C(=O)/C(=C(\O)c3ccncc3)C2c2sccc2C)cc1Cl. The van der Waals surface area contributed by atoms with Crippen molar-refractivity contribution in [3.63, 3.8) is 0 Å². The van der Waals surface area contributed by atoms with Gasteiger partial charge in [-0.2, -0.15) is 0 Å². The van der Waals surface area contributed by atoms with Gasteiger partial charge in [0.2, 0.25) is 0 Å². The van der Waals surface area contributed by atoms with E-state index in [4.69, 9.17) is 16.3 Å². The Morgan fingerprint density at radius 1 is 1.20 bits per heavy atom. The quantitative estimate of drug-likeness (QED) is 0.360. The number of amides is 1. The number of pyridine rings is 1. The molecule has 1 unspecified atom stereocenters. The van der Waals surface area contributed by atoms with Crippen LogP contribution in [0.3, 0.4) is 0 Å². The Morgan fingerprint density at radius 3 is 2.53 bits per heavy atom. The number of aliphatic hydroxyl groups is 1. The van der Waals surface area contributed by atoms with Crippen molar-refractivity contribution in [3.05, 3.63) is 80.8 Å². The molecule has 1 N–H and O–H groups in total. The van der Waals surface area contributed by atoms with E-state index in [9.17, 15) is 14.7 Å². The summed E-state index contributed by atoms with van der Waals surface area (Å²) in [5.41, 5.74) is 1.80. The number of aromatic nitrogens is 1. The Morgan fingerprint density at radius 2 is 1.93 bits per heavy atom. The van der Waals surface area contributed by atoms with Gasteiger partial charge >= 0.3 is 0 Å². The molecule has 0 saturated carbocycles. The van der Waals surface area contributed by atoms with E-state index in [0.717, 1.165) is 10.4 Å². The predicted octanol–water partition coefficient (Wildman–Crippen LogP) is 4.74. The zero-order valence-corrected chi connectivity index (χ0v) is 17.7. The summed E-state index contributed by atoms with van der Waals surface area (Å²) < 4.78 is 5.19. The minimum Gasteiger partial charge on any atom is -0.507 e. The number of Topliss-reactive ketones (excluding diaryl/α,β-unsaturated/α-hetero) is 1. The number of benzene rings is 1. The minimum atomic E-state index is -0.775. The maximum Gasteiger partial charge on any atom is 0.300 e. The molecule has 152 valence electrons. The lowest BCUT2D eigenvalue weighted by atomic mass is 9.98. The number of ether oxygens (including phenoxy) is 1. The fourth-order valence-corrected chi connectivity index (χ4v) is 4.76. The molecule has 1 saturated heterocycles. The van der Waals surface area contributed by atoms with Crippen molar-refractivity contribution in [1.29, 1.82) is 0 Å². The molecule has 30 heavy (non-hydrogen) atoms. The monoisotopic (exact) mass is 440 g/mol. The fourth-order valence-electron chi connectivity index (χ4n) is 3.48. The van der Waals surface area contributed by atoms with Gasteiger partial charge in [-0.15, -0.1) is 11.3 Å². The number of hydrogen-bond donors (Lipinski definition) is 1. The normalized spacial score (nSPS) is 18.1. The zero-order valence-electron chi connectivity index (χ0n) is 16.1. The summed E-state index contributed by atoms with van der Waals surface area (Å²) in [4.78, 5) is 32.2. The summed E-state index contributed by atoms with van der Waals surface area (Å²) in [5, 5.41) is 13.2. The van der Waals surface area contributed by atoms with Crippen LogP contribution >= 0.6 is 22.9 Å².